The fourth-order valence-corrected chi connectivity index (χ4v) is 5.30. The predicted molar refractivity (Wildman–Crippen MR) is 189 cm³/mol. The van der Waals surface area contributed by atoms with Gasteiger partial charge in [0.05, 0.1) is 0 Å². The third-order valence-electron chi connectivity index (χ3n) is 7.26. The zero-order valence-corrected chi connectivity index (χ0v) is 30.1. The van der Waals surface area contributed by atoms with Gasteiger partial charge >= 0.3 is 12.1 Å². The highest BCUT2D eigenvalue weighted by Gasteiger charge is 2.44. The van der Waals surface area contributed by atoms with Crippen LogP contribution < -0.4 is 10.6 Å². The van der Waals surface area contributed by atoms with Crippen molar-refractivity contribution in [2.75, 3.05) is 0 Å². The van der Waals surface area contributed by atoms with Crippen LogP contribution in [0.2, 0.25) is 0 Å². The van der Waals surface area contributed by atoms with Gasteiger partial charge in [-0.1, -0.05) is 78.9 Å². The Labute approximate surface area is 290 Å². The van der Waals surface area contributed by atoms with Crippen molar-refractivity contribution in [3.8, 4) is 5.75 Å². The topological polar surface area (TPSA) is 134 Å². The van der Waals surface area contributed by atoms with Crippen LogP contribution >= 0.6 is 0 Å². The largest absolute Gasteiger partial charge is 0.508 e. The quantitative estimate of drug-likeness (QED) is 0.205. The molecule has 49 heavy (non-hydrogen) atoms. The molecule has 10 heteroatoms. The number of nitrogens with one attached hydrogen (secondary N) is 2. The molecule has 3 aromatic rings. The number of phenolic OH excluding ortho intramolecular Hbond substituents is 1. The van der Waals surface area contributed by atoms with Gasteiger partial charge in [0.25, 0.3) is 0 Å². The first-order chi connectivity index (χ1) is 22.7. The fraction of sp³-hybridized carbons (Fsp3) is 0.436. The maximum absolute atomic E-state index is 14.8. The van der Waals surface area contributed by atoms with Gasteiger partial charge in [-0.05, 0) is 79.5 Å². The number of benzene rings is 3. The van der Waals surface area contributed by atoms with Crippen molar-refractivity contribution in [2.24, 2.45) is 0 Å². The van der Waals surface area contributed by atoms with E-state index >= 15 is 0 Å². The lowest BCUT2D eigenvalue weighted by molar-refractivity contribution is -0.159. The van der Waals surface area contributed by atoms with Crippen LogP contribution in [0.4, 0.5) is 4.79 Å². The van der Waals surface area contributed by atoms with Crippen LogP contribution in [-0.2, 0) is 36.7 Å². The van der Waals surface area contributed by atoms with E-state index in [0.29, 0.717) is 0 Å². The number of carbonyl (C=O) groups excluding carboxylic acids is 4. The van der Waals surface area contributed by atoms with E-state index in [0.717, 1.165) is 11.1 Å². The summed E-state index contributed by atoms with van der Waals surface area (Å²) in [7, 11) is 0. The summed E-state index contributed by atoms with van der Waals surface area (Å²) in [5.41, 5.74) is -1.01. The summed E-state index contributed by atoms with van der Waals surface area (Å²) in [6.45, 7) is 15.6. The summed E-state index contributed by atoms with van der Waals surface area (Å²) in [4.78, 5) is 57.4. The summed E-state index contributed by atoms with van der Waals surface area (Å²) in [6.07, 6.45) is -0.586. The van der Waals surface area contributed by atoms with E-state index in [1.807, 2.05) is 60.7 Å². The number of ether oxygens (including phenoxy) is 2. The Hall–Kier alpha value is -4.86. The number of carbonyl (C=O) groups is 4. The first-order valence-corrected chi connectivity index (χ1v) is 16.5. The lowest BCUT2D eigenvalue weighted by atomic mass is 9.93. The average Bonchev–Trinajstić information content (AvgIpc) is 2.98. The summed E-state index contributed by atoms with van der Waals surface area (Å²) >= 11 is 0. The number of amides is 3. The molecule has 0 saturated carbocycles. The van der Waals surface area contributed by atoms with E-state index in [1.165, 1.54) is 11.0 Å². The first-order valence-electron chi connectivity index (χ1n) is 16.5. The van der Waals surface area contributed by atoms with Gasteiger partial charge < -0.3 is 30.1 Å². The van der Waals surface area contributed by atoms with E-state index in [1.54, 1.807) is 80.5 Å². The monoisotopic (exact) mass is 673 g/mol. The molecular formula is C39H51N3O7. The minimum absolute atomic E-state index is 0.0924. The zero-order chi connectivity index (χ0) is 36.6. The van der Waals surface area contributed by atoms with Crippen molar-refractivity contribution < 1.29 is 33.8 Å². The molecule has 264 valence electrons. The van der Waals surface area contributed by atoms with Gasteiger partial charge in [0, 0.05) is 23.9 Å². The second-order valence-electron chi connectivity index (χ2n) is 15.0. The van der Waals surface area contributed by atoms with Crippen molar-refractivity contribution in [1.82, 2.24) is 15.5 Å². The highest BCUT2D eigenvalue weighted by molar-refractivity contribution is 5.95. The first kappa shape index (κ1) is 38.6. The van der Waals surface area contributed by atoms with Crippen molar-refractivity contribution in [3.05, 3.63) is 102 Å². The van der Waals surface area contributed by atoms with Gasteiger partial charge in [-0.15, -0.1) is 0 Å². The van der Waals surface area contributed by atoms with Crippen LogP contribution in [0.3, 0.4) is 0 Å². The molecule has 0 heterocycles. The number of hydrogen-bond acceptors (Lipinski definition) is 7. The minimum atomic E-state index is -1.42. The summed E-state index contributed by atoms with van der Waals surface area (Å²) in [6, 6.07) is 20.9. The Bertz CT molecular complexity index is 1570. The summed E-state index contributed by atoms with van der Waals surface area (Å²) < 4.78 is 11.2. The van der Waals surface area contributed by atoms with Crippen LogP contribution in [0.1, 0.15) is 85.0 Å². The van der Waals surface area contributed by atoms with E-state index in [4.69, 9.17) is 9.47 Å². The molecule has 0 aliphatic carbocycles. The van der Waals surface area contributed by atoms with Gasteiger partial charge in [-0.25, -0.2) is 9.59 Å². The van der Waals surface area contributed by atoms with Gasteiger partial charge in [-0.3, -0.25) is 9.59 Å². The highest BCUT2D eigenvalue weighted by Crippen LogP contribution is 2.35. The number of hydrogen-bond donors (Lipinski definition) is 3. The molecule has 3 atom stereocenters. The van der Waals surface area contributed by atoms with Gasteiger partial charge in [0.15, 0.2) is 0 Å². The number of esters is 1. The maximum atomic E-state index is 14.8. The van der Waals surface area contributed by atoms with Gasteiger partial charge in [-0.2, -0.15) is 0 Å². The summed E-state index contributed by atoms with van der Waals surface area (Å²) in [5, 5.41) is 16.7. The van der Waals surface area contributed by atoms with Crippen LogP contribution in [0.25, 0.3) is 0 Å². The molecule has 0 spiro atoms. The molecule has 3 rings (SSSR count). The smallest absolute Gasteiger partial charge is 0.408 e. The van der Waals surface area contributed by atoms with Crippen LogP contribution in [0.5, 0.6) is 5.75 Å². The molecular weight excluding hydrogens is 622 g/mol. The zero-order valence-electron chi connectivity index (χ0n) is 30.1. The molecule has 0 bridgehead atoms. The molecule has 3 aromatic carbocycles. The molecule has 0 radical (unpaired) electrons. The number of phenols is 1. The van der Waals surface area contributed by atoms with Crippen molar-refractivity contribution in [2.45, 2.75) is 110 Å². The molecule has 3 unspecified atom stereocenters. The molecule has 0 aliphatic rings. The van der Waals surface area contributed by atoms with Crippen molar-refractivity contribution in [1.29, 1.82) is 0 Å². The molecule has 0 aromatic heterocycles. The third-order valence-corrected chi connectivity index (χ3v) is 7.26. The molecule has 3 amide bonds. The van der Waals surface area contributed by atoms with Crippen LogP contribution in [-0.4, -0.2) is 62.7 Å². The minimum Gasteiger partial charge on any atom is -0.508 e. The van der Waals surface area contributed by atoms with Gasteiger partial charge in [0.1, 0.15) is 35.1 Å². The van der Waals surface area contributed by atoms with E-state index in [9.17, 15) is 24.3 Å². The van der Waals surface area contributed by atoms with Crippen molar-refractivity contribution >= 4 is 23.9 Å². The molecule has 0 aliphatic heterocycles. The van der Waals surface area contributed by atoms with Gasteiger partial charge in [0.2, 0.25) is 11.8 Å². The molecule has 0 saturated heterocycles. The lowest BCUT2D eigenvalue weighted by Crippen LogP contribution is -2.60. The van der Waals surface area contributed by atoms with Crippen LogP contribution in [0.15, 0.2) is 84.9 Å². The second-order valence-corrected chi connectivity index (χ2v) is 15.0. The average molecular weight is 674 g/mol. The molecule has 0 fully saturated rings. The summed E-state index contributed by atoms with van der Waals surface area (Å²) in [5.74, 6) is -2.18. The lowest BCUT2D eigenvalue weighted by Gasteiger charge is -2.43. The Kier molecular flexibility index (Phi) is 12.6. The Morgan fingerprint density at radius 2 is 1.12 bits per heavy atom. The fourth-order valence-electron chi connectivity index (χ4n) is 5.30. The van der Waals surface area contributed by atoms with Crippen LogP contribution in [0, 0.1) is 0 Å². The SMILES string of the molecule is CC(C)(C)OC(=O)NC(Cc1ccccc1)C(=O)N(C(C(=O)NC(Cc1ccccc1)C(=O)OC(C)(C)C)c1ccccc1O)C(C)(C)C. The third kappa shape index (κ3) is 12.0. The van der Waals surface area contributed by atoms with Crippen molar-refractivity contribution in [3.63, 3.8) is 0 Å². The second kappa shape index (κ2) is 16.0. The van der Waals surface area contributed by atoms with E-state index < -0.39 is 58.7 Å². The molecule has 3 N–H and O–H groups in total. The number of para-hydroxylation sites is 1. The number of alkyl carbamates (subject to hydrolysis) is 1. The number of nitrogens with zero attached hydrogens (tertiary/aromatic N) is 1. The molecule has 10 nitrogen and oxygen atoms in total. The maximum Gasteiger partial charge on any atom is 0.408 e. The normalized spacial score (nSPS) is 13.7. The Morgan fingerprint density at radius 3 is 1.59 bits per heavy atom. The number of rotatable bonds is 11. The number of aromatic hydroxyl groups is 1. The standard InChI is InChI=1S/C39H51N3O7/c1-37(2,3)42(34(45)29(24-26-18-12-10-13-19-26)41-36(47)49-39(7,8)9)32(28-22-16-17-23-31(28)43)33(44)40-30(35(46)48-38(4,5)6)25-27-20-14-11-15-21-27/h10-23,29-30,32,43H,24-25H2,1-9H3,(H,40,44)(H,41,47). The predicted octanol–water partition coefficient (Wildman–Crippen LogP) is 6.27. The Balaban J connectivity index is 2.14. The Morgan fingerprint density at radius 1 is 0.653 bits per heavy atom. The van der Waals surface area contributed by atoms with E-state index in [2.05, 4.69) is 10.6 Å². The van der Waals surface area contributed by atoms with E-state index in [-0.39, 0.29) is 24.2 Å². The highest BCUT2D eigenvalue weighted by atomic mass is 16.6.